The molecule has 4 heteroatoms. The van der Waals surface area contributed by atoms with Gasteiger partial charge in [-0.2, -0.15) is 0 Å². The Hall–Kier alpha value is -1.81. The number of allylic oxidation sites excluding steroid dienone is 1. The molecule has 0 aliphatic heterocycles. The zero-order valence-corrected chi connectivity index (χ0v) is 11.9. The van der Waals surface area contributed by atoms with Gasteiger partial charge in [0.2, 0.25) is 0 Å². The van der Waals surface area contributed by atoms with Gasteiger partial charge in [-0.15, -0.1) is 0 Å². The molecule has 1 aromatic carbocycles. The molecule has 110 valence electrons. The van der Waals surface area contributed by atoms with Crippen LogP contribution in [0.4, 0.5) is 4.79 Å². The molecule has 0 aromatic heterocycles. The first-order chi connectivity index (χ1) is 9.68. The van der Waals surface area contributed by atoms with Crippen LogP contribution in [0.15, 0.2) is 42.5 Å². The Bertz CT molecular complexity index is 401. The highest BCUT2D eigenvalue weighted by Gasteiger charge is 2.01. The maximum Gasteiger partial charge on any atom is 0.407 e. The van der Waals surface area contributed by atoms with Gasteiger partial charge in [0.15, 0.2) is 0 Å². The van der Waals surface area contributed by atoms with E-state index in [1.54, 1.807) is 13.0 Å². The van der Waals surface area contributed by atoms with E-state index in [1.807, 2.05) is 36.4 Å². The number of alkyl carbamates (subject to hydrolysis) is 1. The van der Waals surface area contributed by atoms with Crippen LogP contribution in [-0.4, -0.2) is 23.8 Å². The van der Waals surface area contributed by atoms with Crippen LogP contribution in [0, 0.1) is 0 Å². The van der Waals surface area contributed by atoms with E-state index in [9.17, 15) is 4.79 Å². The number of unbranched alkanes of at least 4 members (excludes halogenated alkanes) is 2. The fourth-order valence-electron chi connectivity index (χ4n) is 1.64. The Labute approximate surface area is 120 Å². The zero-order valence-electron chi connectivity index (χ0n) is 11.9. The summed E-state index contributed by atoms with van der Waals surface area (Å²) in [5.41, 5.74) is 0.978. The molecule has 0 saturated heterocycles. The molecule has 0 aliphatic rings. The van der Waals surface area contributed by atoms with Crippen molar-refractivity contribution in [2.24, 2.45) is 0 Å². The van der Waals surface area contributed by atoms with Crippen molar-refractivity contribution >= 4 is 6.09 Å². The molecule has 0 unspecified atom stereocenters. The summed E-state index contributed by atoms with van der Waals surface area (Å²) < 4.78 is 5.09. The van der Waals surface area contributed by atoms with Crippen LogP contribution in [0.1, 0.15) is 31.7 Å². The predicted octanol–water partition coefficient (Wildman–Crippen LogP) is 3.02. The van der Waals surface area contributed by atoms with E-state index >= 15 is 0 Å². The highest BCUT2D eigenvalue weighted by atomic mass is 16.5. The van der Waals surface area contributed by atoms with Crippen LogP contribution in [0.2, 0.25) is 0 Å². The molecule has 0 radical (unpaired) electrons. The number of nitrogens with one attached hydrogen (secondary N) is 1. The molecule has 1 amide bonds. The number of aliphatic hydroxyl groups is 1. The van der Waals surface area contributed by atoms with Crippen LogP contribution in [0.5, 0.6) is 0 Å². The lowest BCUT2D eigenvalue weighted by molar-refractivity contribution is 0.139. The Kier molecular flexibility index (Phi) is 8.15. The van der Waals surface area contributed by atoms with Crippen LogP contribution >= 0.6 is 0 Å². The number of amides is 1. The summed E-state index contributed by atoms with van der Waals surface area (Å²) in [6.45, 7) is 2.63. The second-order valence-electron chi connectivity index (χ2n) is 4.65. The van der Waals surface area contributed by atoms with E-state index in [0.717, 1.165) is 24.8 Å². The van der Waals surface area contributed by atoms with Crippen LogP contribution < -0.4 is 5.32 Å². The van der Waals surface area contributed by atoms with Gasteiger partial charge in [-0.3, -0.25) is 0 Å². The number of aliphatic hydroxyl groups excluding tert-OH is 1. The van der Waals surface area contributed by atoms with Gasteiger partial charge in [0, 0.05) is 6.54 Å². The van der Waals surface area contributed by atoms with E-state index in [4.69, 9.17) is 9.84 Å². The number of hydrogen-bond donors (Lipinski definition) is 2. The first kappa shape index (κ1) is 16.2. The largest absolute Gasteiger partial charge is 0.445 e. The van der Waals surface area contributed by atoms with Gasteiger partial charge in [-0.1, -0.05) is 42.5 Å². The van der Waals surface area contributed by atoms with Gasteiger partial charge in [-0.05, 0) is 31.7 Å². The molecule has 1 rings (SSSR count). The van der Waals surface area contributed by atoms with Gasteiger partial charge in [0.1, 0.15) is 6.61 Å². The van der Waals surface area contributed by atoms with Gasteiger partial charge >= 0.3 is 6.09 Å². The monoisotopic (exact) mass is 277 g/mol. The van der Waals surface area contributed by atoms with E-state index < -0.39 is 0 Å². The quantitative estimate of drug-likeness (QED) is 0.567. The normalized spacial score (nSPS) is 12.3. The molecule has 1 aromatic rings. The second-order valence-corrected chi connectivity index (χ2v) is 4.65. The number of benzene rings is 1. The summed E-state index contributed by atoms with van der Waals surface area (Å²) in [6, 6.07) is 9.59. The fourth-order valence-corrected chi connectivity index (χ4v) is 1.64. The average molecular weight is 277 g/mol. The maximum atomic E-state index is 11.4. The van der Waals surface area contributed by atoms with Gasteiger partial charge in [0.05, 0.1) is 6.10 Å². The number of rotatable bonds is 8. The van der Waals surface area contributed by atoms with E-state index in [1.165, 1.54) is 0 Å². The molecule has 0 spiro atoms. The highest BCUT2D eigenvalue weighted by molar-refractivity contribution is 5.67. The van der Waals surface area contributed by atoms with Crippen molar-refractivity contribution in [1.29, 1.82) is 0 Å². The molecule has 1 atom stereocenters. The molecule has 0 saturated carbocycles. The molecule has 0 fully saturated rings. The Morgan fingerprint density at radius 1 is 1.35 bits per heavy atom. The van der Waals surface area contributed by atoms with Gasteiger partial charge in [0.25, 0.3) is 0 Å². The SMILES string of the molecule is C[C@H](O)/C=C/CCCCNC(=O)OCc1ccccc1. The lowest BCUT2D eigenvalue weighted by Gasteiger charge is -2.06. The summed E-state index contributed by atoms with van der Waals surface area (Å²) >= 11 is 0. The standard InChI is InChI=1S/C16H23NO3/c1-14(18)9-5-2-3-8-12-17-16(19)20-13-15-10-6-4-7-11-15/h4-7,9-11,14,18H,2-3,8,12-13H2,1H3,(H,17,19)/b9-5+/t14-/m0/s1. The molecular weight excluding hydrogens is 254 g/mol. The highest BCUT2D eigenvalue weighted by Crippen LogP contribution is 2.01. The molecular formula is C16H23NO3. The first-order valence-corrected chi connectivity index (χ1v) is 6.98. The third-order valence-electron chi connectivity index (χ3n) is 2.69. The lowest BCUT2D eigenvalue weighted by Crippen LogP contribution is -2.25. The van der Waals surface area contributed by atoms with E-state index in [0.29, 0.717) is 13.2 Å². The lowest BCUT2D eigenvalue weighted by atomic mass is 10.2. The number of carbonyl (C=O) groups excluding carboxylic acids is 1. The summed E-state index contributed by atoms with van der Waals surface area (Å²) in [5.74, 6) is 0. The van der Waals surface area contributed by atoms with Crippen molar-refractivity contribution in [2.75, 3.05) is 6.54 Å². The number of ether oxygens (including phenoxy) is 1. The Balaban J connectivity index is 2.00. The van der Waals surface area contributed by atoms with Crippen LogP contribution in [0.3, 0.4) is 0 Å². The summed E-state index contributed by atoms with van der Waals surface area (Å²) in [6.07, 6.45) is 5.73. The van der Waals surface area contributed by atoms with Crippen molar-refractivity contribution in [3.63, 3.8) is 0 Å². The van der Waals surface area contributed by atoms with Crippen molar-refractivity contribution in [3.05, 3.63) is 48.0 Å². The molecule has 2 N–H and O–H groups in total. The van der Waals surface area contributed by atoms with Crippen LogP contribution in [0.25, 0.3) is 0 Å². The third kappa shape index (κ3) is 8.32. The zero-order chi connectivity index (χ0) is 14.6. The number of carbonyl (C=O) groups is 1. The van der Waals surface area contributed by atoms with Crippen molar-refractivity contribution in [1.82, 2.24) is 5.32 Å². The smallest absolute Gasteiger partial charge is 0.407 e. The number of hydrogen-bond acceptors (Lipinski definition) is 3. The van der Waals surface area contributed by atoms with Crippen molar-refractivity contribution < 1.29 is 14.6 Å². The molecule has 4 nitrogen and oxygen atoms in total. The van der Waals surface area contributed by atoms with Crippen molar-refractivity contribution in [3.8, 4) is 0 Å². The molecule has 0 aliphatic carbocycles. The first-order valence-electron chi connectivity index (χ1n) is 6.98. The minimum absolute atomic E-state index is 0.295. The Morgan fingerprint density at radius 3 is 2.80 bits per heavy atom. The van der Waals surface area contributed by atoms with Crippen LogP contribution in [-0.2, 0) is 11.3 Å². The van der Waals surface area contributed by atoms with E-state index in [2.05, 4.69) is 5.32 Å². The molecule has 20 heavy (non-hydrogen) atoms. The van der Waals surface area contributed by atoms with Gasteiger partial charge < -0.3 is 15.2 Å². The predicted molar refractivity (Wildman–Crippen MR) is 79.3 cm³/mol. The Morgan fingerprint density at radius 2 is 2.10 bits per heavy atom. The maximum absolute atomic E-state index is 11.4. The summed E-state index contributed by atoms with van der Waals surface area (Å²) in [5, 5.41) is 11.7. The fraction of sp³-hybridized carbons (Fsp3) is 0.438. The minimum Gasteiger partial charge on any atom is -0.445 e. The minimum atomic E-state index is -0.388. The van der Waals surface area contributed by atoms with Gasteiger partial charge in [-0.25, -0.2) is 4.79 Å². The summed E-state index contributed by atoms with van der Waals surface area (Å²) in [7, 11) is 0. The molecule has 0 heterocycles. The third-order valence-corrected chi connectivity index (χ3v) is 2.69. The van der Waals surface area contributed by atoms with Crippen molar-refractivity contribution in [2.45, 2.75) is 38.9 Å². The molecule has 0 bridgehead atoms. The topological polar surface area (TPSA) is 58.6 Å². The van der Waals surface area contributed by atoms with E-state index in [-0.39, 0.29) is 12.2 Å². The average Bonchev–Trinajstić information content (AvgIpc) is 2.45. The summed E-state index contributed by atoms with van der Waals surface area (Å²) in [4.78, 5) is 11.4. The second kappa shape index (κ2) is 10.0.